The number of aliphatic hydroxyl groups is 3. The molecule has 1 aliphatic carbocycles. The molecule has 162 valence electrons. The predicted octanol–water partition coefficient (Wildman–Crippen LogP) is 3.86. The normalized spacial score (nSPS) is 26.0. The summed E-state index contributed by atoms with van der Waals surface area (Å²) in [7, 11) is 0. The highest BCUT2D eigenvalue weighted by atomic mass is 35.5. The Bertz CT molecular complexity index is 722. The Balaban J connectivity index is 1.84. The van der Waals surface area contributed by atoms with E-state index in [1.807, 2.05) is 24.3 Å². The third kappa shape index (κ3) is 8.04. The second-order valence-corrected chi connectivity index (χ2v) is 9.80. The van der Waals surface area contributed by atoms with Gasteiger partial charge in [-0.15, -0.1) is 11.3 Å². The van der Waals surface area contributed by atoms with Gasteiger partial charge < -0.3 is 21.1 Å². The Morgan fingerprint density at radius 2 is 2.07 bits per heavy atom. The minimum atomic E-state index is -0.667. The standard InChI is InChI=1S/C21H29Cl2NO4S/c22-19-11-13(21(23)29-19)7-8-14(25)9-10-16-15(17(26)12-18(16)27)5-3-1-2-4-6-20(24)28/h1,3,9-11,14-18,25-27H,2,4-8,12H2,(H2,24,28)/b3-1+,10-9+. The average molecular weight is 462 g/mol. The average Bonchev–Trinajstić information content (AvgIpc) is 3.11. The van der Waals surface area contributed by atoms with Crippen LogP contribution in [0.1, 0.15) is 44.1 Å². The lowest BCUT2D eigenvalue weighted by Crippen LogP contribution is -2.20. The van der Waals surface area contributed by atoms with E-state index < -0.39 is 18.3 Å². The van der Waals surface area contributed by atoms with Crippen LogP contribution in [0.5, 0.6) is 0 Å². The predicted molar refractivity (Wildman–Crippen MR) is 118 cm³/mol. The van der Waals surface area contributed by atoms with Crippen LogP contribution in [0.15, 0.2) is 30.4 Å². The number of unbranched alkanes of at least 4 members (excludes halogenated alkanes) is 1. The number of hydrogen-bond acceptors (Lipinski definition) is 5. The Labute approximate surface area is 185 Å². The zero-order chi connectivity index (χ0) is 21.4. The van der Waals surface area contributed by atoms with Gasteiger partial charge in [-0.2, -0.15) is 0 Å². The van der Waals surface area contributed by atoms with E-state index in [9.17, 15) is 20.1 Å². The molecule has 5 unspecified atom stereocenters. The van der Waals surface area contributed by atoms with Crippen LogP contribution in [0, 0.1) is 11.8 Å². The van der Waals surface area contributed by atoms with E-state index in [0.717, 1.165) is 12.0 Å². The Morgan fingerprint density at radius 1 is 1.31 bits per heavy atom. The molecule has 5 N–H and O–H groups in total. The van der Waals surface area contributed by atoms with Crippen LogP contribution < -0.4 is 5.73 Å². The van der Waals surface area contributed by atoms with Gasteiger partial charge in [0, 0.05) is 18.8 Å². The number of hydrogen-bond donors (Lipinski definition) is 4. The summed E-state index contributed by atoms with van der Waals surface area (Å²) in [4.78, 5) is 10.7. The second kappa shape index (κ2) is 12.1. The maximum atomic E-state index is 10.7. The van der Waals surface area contributed by atoms with Crippen molar-refractivity contribution in [2.45, 2.75) is 63.3 Å². The molecule has 0 saturated heterocycles. The van der Waals surface area contributed by atoms with Crippen LogP contribution >= 0.6 is 34.5 Å². The molecule has 0 aliphatic heterocycles. The van der Waals surface area contributed by atoms with Gasteiger partial charge in [-0.3, -0.25) is 4.79 Å². The van der Waals surface area contributed by atoms with Crippen LogP contribution in [-0.2, 0) is 11.2 Å². The number of nitrogens with two attached hydrogens (primary N) is 1. The highest BCUT2D eigenvalue weighted by Crippen LogP contribution is 2.36. The monoisotopic (exact) mass is 461 g/mol. The summed E-state index contributed by atoms with van der Waals surface area (Å²) in [5.74, 6) is -0.624. The number of aliphatic hydroxyl groups excluding tert-OH is 3. The van der Waals surface area contributed by atoms with Crippen molar-refractivity contribution in [3.63, 3.8) is 0 Å². The lowest BCUT2D eigenvalue weighted by Gasteiger charge is -2.19. The number of aryl methyl sites for hydroxylation is 1. The van der Waals surface area contributed by atoms with Crippen molar-refractivity contribution in [1.29, 1.82) is 0 Å². The van der Waals surface area contributed by atoms with Gasteiger partial charge in [0.05, 0.1) is 27.0 Å². The van der Waals surface area contributed by atoms with Gasteiger partial charge in [-0.05, 0) is 49.7 Å². The van der Waals surface area contributed by atoms with Crippen LogP contribution in [0.2, 0.25) is 8.67 Å². The number of thiophene rings is 1. The molecule has 1 fully saturated rings. The Morgan fingerprint density at radius 3 is 2.72 bits per heavy atom. The first-order valence-corrected chi connectivity index (χ1v) is 11.4. The molecule has 5 nitrogen and oxygen atoms in total. The number of rotatable bonds is 11. The van der Waals surface area contributed by atoms with Crippen molar-refractivity contribution in [2.24, 2.45) is 17.6 Å². The number of carbonyl (C=O) groups is 1. The lowest BCUT2D eigenvalue weighted by atomic mass is 9.89. The van der Waals surface area contributed by atoms with Crippen LogP contribution in [0.25, 0.3) is 0 Å². The van der Waals surface area contributed by atoms with E-state index in [1.54, 1.807) is 6.08 Å². The molecular weight excluding hydrogens is 433 g/mol. The molecule has 1 aromatic rings. The highest BCUT2D eigenvalue weighted by molar-refractivity contribution is 7.20. The van der Waals surface area contributed by atoms with E-state index in [4.69, 9.17) is 28.9 Å². The van der Waals surface area contributed by atoms with Crippen molar-refractivity contribution in [3.05, 3.63) is 44.6 Å². The molecule has 29 heavy (non-hydrogen) atoms. The van der Waals surface area contributed by atoms with Gasteiger partial charge >= 0.3 is 0 Å². The molecule has 1 amide bonds. The summed E-state index contributed by atoms with van der Waals surface area (Å²) in [6.07, 6.45) is 9.47. The summed E-state index contributed by atoms with van der Waals surface area (Å²) in [5.41, 5.74) is 6.04. The number of primary amides is 1. The zero-order valence-corrected chi connectivity index (χ0v) is 18.5. The fraction of sp³-hybridized carbons (Fsp3) is 0.571. The third-order valence-corrected chi connectivity index (χ3v) is 6.85. The Hall–Kier alpha value is -0.890. The van der Waals surface area contributed by atoms with Crippen molar-refractivity contribution >= 4 is 40.4 Å². The number of halogens is 2. The smallest absolute Gasteiger partial charge is 0.217 e. The molecule has 1 saturated carbocycles. The molecule has 1 heterocycles. The highest BCUT2D eigenvalue weighted by Gasteiger charge is 2.39. The minimum absolute atomic E-state index is 0.106. The fourth-order valence-corrected chi connectivity index (χ4v) is 5.22. The molecular formula is C21H29Cl2NO4S. The largest absolute Gasteiger partial charge is 0.393 e. The fourth-order valence-electron chi connectivity index (χ4n) is 3.67. The van der Waals surface area contributed by atoms with E-state index >= 15 is 0 Å². The van der Waals surface area contributed by atoms with E-state index in [0.29, 0.717) is 47.2 Å². The molecule has 0 aromatic carbocycles. The first-order valence-electron chi connectivity index (χ1n) is 9.87. The Kier molecular flexibility index (Phi) is 10.2. The number of carbonyl (C=O) groups excluding carboxylic acids is 1. The van der Waals surface area contributed by atoms with E-state index in [1.165, 1.54) is 11.3 Å². The minimum Gasteiger partial charge on any atom is -0.393 e. The molecule has 0 radical (unpaired) electrons. The van der Waals surface area contributed by atoms with Gasteiger partial charge in [0.15, 0.2) is 0 Å². The second-order valence-electron chi connectivity index (χ2n) is 7.52. The first kappa shape index (κ1) is 24.4. The van der Waals surface area contributed by atoms with Gasteiger partial charge in [0.2, 0.25) is 5.91 Å². The van der Waals surface area contributed by atoms with Gasteiger partial charge in [0.25, 0.3) is 0 Å². The van der Waals surface area contributed by atoms with Crippen LogP contribution in [0.3, 0.4) is 0 Å². The van der Waals surface area contributed by atoms with Gasteiger partial charge in [-0.1, -0.05) is 47.5 Å². The topological polar surface area (TPSA) is 104 Å². The summed E-state index contributed by atoms with van der Waals surface area (Å²) >= 11 is 13.4. The van der Waals surface area contributed by atoms with Crippen molar-refractivity contribution < 1.29 is 20.1 Å². The maximum Gasteiger partial charge on any atom is 0.217 e. The van der Waals surface area contributed by atoms with Crippen molar-refractivity contribution in [2.75, 3.05) is 0 Å². The summed E-state index contributed by atoms with van der Waals surface area (Å²) in [5, 5.41) is 30.8. The van der Waals surface area contributed by atoms with Gasteiger partial charge in [-0.25, -0.2) is 0 Å². The number of allylic oxidation sites excluding steroid dienone is 2. The van der Waals surface area contributed by atoms with Gasteiger partial charge in [0.1, 0.15) is 0 Å². The molecule has 1 aliphatic rings. The number of amides is 1. The van der Waals surface area contributed by atoms with E-state index in [2.05, 4.69) is 0 Å². The van der Waals surface area contributed by atoms with Crippen LogP contribution in [-0.4, -0.2) is 39.5 Å². The SMILES string of the molecule is NC(=O)CCC/C=C/CC1C(O)CC(O)C1/C=C/C(O)CCc1cc(Cl)sc1Cl. The molecule has 5 atom stereocenters. The third-order valence-electron chi connectivity index (χ3n) is 5.28. The molecule has 1 aromatic heterocycles. The molecule has 0 bridgehead atoms. The van der Waals surface area contributed by atoms with Crippen molar-refractivity contribution in [3.8, 4) is 0 Å². The molecule has 2 rings (SSSR count). The first-order chi connectivity index (χ1) is 13.8. The summed E-state index contributed by atoms with van der Waals surface area (Å²) in [6, 6.07) is 1.81. The maximum absolute atomic E-state index is 10.7. The molecule has 8 heteroatoms. The summed E-state index contributed by atoms with van der Waals surface area (Å²) < 4.78 is 1.27. The quantitative estimate of drug-likeness (QED) is 0.296. The molecule has 0 spiro atoms. The lowest BCUT2D eigenvalue weighted by molar-refractivity contribution is -0.118. The zero-order valence-electron chi connectivity index (χ0n) is 16.2. The van der Waals surface area contributed by atoms with Crippen LogP contribution in [0.4, 0.5) is 0 Å². The van der Waals surface area contributed by atoms with Crippen molar-refractivity contribution in [1.82, 2.24) is 0 Å². The summed E-state index contributed by atoms with van der Waals surface area (Å²) in [6.45, 7) is 0. The van der Waals surface area contributed by atoms with E-state index in [-0.39, 0.29) is 17.7 Å².